The highest BCUT2D eigenvalue weighted by atomic mass is 32.2. The number of carbonyl (C=O) groups is 1. The van der Waals surface area contributed by atoms with E-state index in [1.165, 1.54) is 12.1 Å². The van der Waals surface area contributed by atoms with Crippen LogP contribution in [0.15, 0.2) is 18.2 Å². The summed E-state index contributed by atoms with van der Waals surface area (Å²) < 4.78 is 39.7. The number of hydrogen-bond acceptors (Lipinski definition) is 6. The molecular weight excluding hydrogens is 349 g/mol. The van der Waals surface area contributed by atoms with Crippen molar-refractivity contribution in [3.05, 3.63) is 29.6 Å². The molecule has 4 bridgehead atoms. The van der Waals surface area contributed by atoms with Gasteiger partial charge in [-0.1, -0.05) is 0 Å². The zero-order chi connectivity index (χ0) is 17.8. The summed E-state index contributed by atoms with van der Waals surface area (Å²) in [6.45, 7) is 5.26. The van der Waals surface area contributed by atoms with Crippen LogP contribution in [0.25, 0.3) is 0 Å². The van der Waals surface area contributed by atoms with Gasteiger partial charge in [-0.15, -0.1) is 0 Å². The molecule has 1 aromatic rings. The number of anilines is 1. The van der Waals surface area contributed by atoms with Crippen LogP contribution in [-0.4, -0.2) is 86.2 Å². The zero-order valence-corrected chi connectivity index (χ0v) is 14.8. The SMILES string of the molecule is CS(=O)(=O)Nc1ccc(F)c(C(=O)C[N+]23CN4CN(CN(C4)C2)C3)c1. The summed E-state index contributed by atoms with van der Waals surface area (Å²) in [4.78, 5) is 19.6. The fourth-order valence-electron chi connectivity index (χ4n) is 4.21. The summed E-state index contributed by atoms with van der Waals surface area (Å²) in [6, 6.07) is 3.73. The van der Waals surface area contributed by atoms with Gasteiger partial charge in [0.25, 0.3) is 0 Å². The van der Waals surface area contributed by atoms with E-state index in [-0.39, 0.29) is 23.6 Å². The van der Waals surface area contributed by atoms with Crippen molar-refractivity contribution < 1.29 is 22.1 Å². The first kappa shape index (κ1) is 16.9. The Bertz CT molecular complexity index is 793. The van der Waals surface area contributed by atoms with Gasteiger partial charge >= 0.3 is 0 Å². The molecule has 5 rings (SSSR count). The molecule has 4 fully saturated rings. The number of sulfonamides is 1. The molecule has 0 unspecified atom stereocenters. The molecule has 4 aliphatic rings. The van der Waals surface area contributed by atoms with Crippen LogP contribution in [0, 0.1) is 5.82 Å². The lowest BCUT2D eigenvalue weighted by Crippen LogP contribution is -2.79. The van der Waals surface area contributed by atoms with E-state index in [2.05, 4.69) is 19.4 Å². The largest absolute Gasteiger partial charge is 0.288 e. The summed E-state index contributed by atoms with van der Waals surface area (Å²) in [5.74, 6) is -0.931. The van der Waals surface area contributed by atoms with Crippen molar-refractivity contribution in [3.63, 3.8) is 0 Å². The van der Waals surface area contributed by atoms with Gasteiger partial charge in [0, 0.05) is 5.69 Å². The van der Waals surface area contributed by atoms with Crippen LogP contribution in [0.1, 0.15) is 10.4 Å². The number of nitrogens with one attached hydrogen (secondary N) is 1. The second kappa shape index (κ2) is 5.71. The van der Waals surface area contributed by atoms with Gasteiger partial charge in [0.1, 0.15) is 32.4 Å². The molecule has 0 radical (unpaired) electrons. The highest BCUT2D eigenvalue weighted by Gasteiger charge is 2.49. The van der Waals surface area contributed by atoms with Gasteiger partial charge in [0.05, 0.1) is 31.8 Å². The lowest BCUT2D eigenvalue weighted by molar-refractivity contribution is -0.973. The van der Waals surface area contributed by atoms with Gasteiger partial charge < -0.3 is 0 Å². The Morgan fingerprint density at radius 3 is 2.24 bits per heavy atom. The van der Waals surface area contributed by atoms with E-state index in [1.54, 1.807) is 0 Å². The molecular formula is C15H21FN5O3S+. The zero-order valence-electron chi connectivity index (χ0n) is 14.0. The van der Waals surface area contributed by atoms with Crippen molar-refractivity contribution in [2.45, 2.75) is 0 Å². The Kier molecular flexibility index (Phi) is 3.85. The number of quaternary nitrogens is 1. The molecule has 0 amide bonds. The standard InChI is InChI=1S/C15H21FN5O3S/c1-25(23,24)17-12-2-3-14(16)13(4-12)15(22)5-21-9-18-6-19(10-21)8-20(7-18)11-21/h2-4,17H,5-11H2,1H3/q+1. The Balaban J connectivity index is 1.56. The fraction of sp³-hybridized carbons (Fsp3) is 0.533. The van der Waals surface area contributed by atoms with E-state index in [1.807, 2.05) is 0 Å². The van der Waals surface area contributed by atoms with Crippen LogP contribution < -0.4 is 4.72 Å². The monoisotopic (exact) mass is 370 g/mol. The summed E-state index contributed by atoms with van der Waals surface area (Å²) in [6.07, 6.45) is 1.02. The number of ketones is 1. The molecule has 8 nitrogen and oxygen atoms in total. The minimum Gasteiger partial charge on any atom is -0.288 e. The number of halogens is 1. The Morgan fingerprint density at radius 1 is 1.16 bits per heavy atom. The van der Waals surface area contributed by atoms with Crippen LogP contribution in [0.4, 0.5) is 10.1 Å². The van der Waals surface area contributed by atoms with Gasteiger partial charge in [0.2, 0.25) is 15.8 Å². The smallest absolute Gasteiger partial charge is 0.229 e. The van der Waals surface area contributed by atoms with Crippen molar-refractivity contribution in [3.8, 4) is 0 Å². The lowest BCUT2D eigenvalue weighted by Gasteiger charge is -2.60. The first-order valence-corrected chi connectivity index (χ1v) is 9.93. The van der Waals surface area contributed by atoms with Crippen molar-refractivity contribution in [1.82, 2.24) is 14.7 Å². The second-order valence-corrected chi connectivity index (χ2v) is 9.10. The van der Waals surface area contributed by atoms with Crippen molar-refractivity contribution in [2.75, 3.05) is 57.5 Å². The van der Waals surface area contributed by atoms with E-state index in [0.29, 0.717) is 4.48 Å². The molecule has 25 heavy (non-hydrogen) atoms. The Hall–Kier alpha value is -1.59. The summed E-state index contributed by atoms with van der Waals surface area (Å²) in [5.41, 5.74) is 0.129. The third-order valence-corrected chi connectivity index (χ3v) is 5.36. The first-order valence-electron chi connectivity index (χ1n) is 8.04. The van der Waals surface area contributed by atoms with Crippen molar-refractivity contribution >= 4 is 21.5 Å². The van der Waals surface area contributed by atoms with Crippen LogP contribution in [-0.2, 0) is 10.0 Å². The summed E-state index contributed by atoms with van der Waals surface area (Å²) >= 11 is 0. The van der Waals surface area contributed by atoms with Gasteiger partial charge in [-0.05, 0) is 18.2 Å². The topological polar surface area (TPSA) is 73.0 Å². The summed E-state index contributed by atoms with van der Waals surface area (Å²) in [7, 11) is -3.48. The second-order valence-electron chi connectivity index (χ2n) is 7.35. The van der Waals surface area contributed by atoms with E-state index in [4.69, 9.17) is 0 Å². The predicted octanol–water partition coefficient (Wildman–Crippen LogP) is -0.111. The van der Waals surface area contributed by atoms with E-state index in [0.717, 1.165) is 52.3 Å². The van der Waals surface area contributed by atoms with Gasteiger partial charge in [-0.3, -0.25) is 14.0 Å². The maximum absolute atomic E-state index is 14.2. The van der Waals surface area contributed by atoms with Gasteiger partial charge in [0.15, 0.2) is 0 Å². The molecule has 0 aromatic heterocycles. The van der Waals surface area contributed by atoms with Crippen LogP contribution >= 0.6 is 0 Å². The molecule has 136 valence electrons. The third-order valence-electron chi connectivity index (χ3n) is 4.75. The number of rotatable bonds is 5. The Morgan fingerprint density at radius 2 is 1.72 bits per heavy atom. The number of Topliss-reactive ketones (excluding diaryl/α,β-unsaturated/α-hetero) is 1. The number of carbonyl (C=O) groups excluding carboxylic acids is 1. The van der Waals surface area contributed by atoms with Gasteiger partial charge in [-0.25, -0.2) is 27.5 Å². The molecule has 1 N–H and O–H groups in total. The molecule has 0 spiro atoms. The normalized spacial score (nSPS) is 33.4. The lowest BCUT2D eigenvalue weighted by atomic mass is 10.1. The average Bonchev–Trinajstić information content (AvgIpc) is 2.45. The van der Waals surface area contributed by atoms with Crippen LogP contribution in [0.5, 0.6) is 0 Å². The molecule has 0 aliphatic carbocycles. The van der Waals surface area contributed by atoms with E-state index in [9.17, 15) is 17.6 Å². The molecule has 4 aliphatic heterocycles. The maximum atomic E-state index is 14.2. The highest BCUT2D eigenvalue weighted by molar-refractivity contribution is 7.92. The molecule has 10 heteroatoms. The minimum absolute atomic E-state index is 0.0671. The third kappa shape index (κ3) is 3.40. The number of hydrogen-bond donors (Lipinski definition) is 1. The minimum atomic E-state index is -3.48. The summed E-state index contributed by atoms with van der Waals surface area (Å²) in [5, 5.41) is 0. The molecule has 4 heterocycles. The maximum Gasteiger partial charge on any atom is 0.229 e. The molecule has 4 saturated heterocycles. The number of nitrogens with zero attached hydrogens (tertiary/aromatic N) is 4. The van der Waals surface area contributed by atoms with Crippen molar-refractivity contribution in [1.29, 1.82) is 0 Å². The molecule has 0 saturated carbocycles. The van der Waals surface area contributed by atoms with Gasteiger partial charge in [-0.2, -0.15) is 0 Å². The first-order chi connectivity index (χ1) is 11.7. The van der Waals surface area contributed by atoms with Crippen molar-refractivity contribution in [2.24, 2.45) is 0 Å². The average molecular weight is 370 g/mol. The molecule has 1 aromatic carbocycles. The highest BCUT2D eigenvalue weighted by Crippen LogP contribution is 2.29. The van der Waals surface area contributed by atoms with Crippen LogP contribution in [0.2, 0.25) is 0 Å². The van der Waals surface area contributed by atoms with E-state index >= 15 is 0 Å². The van der Waals surface area contributed by atoms with E-state index < -0.39 is 15.8 Å². The fourth-order valence-corrected chi connectivity index (χ4v) is 4.77. The quantitative estimate of drug-likeness (QED) is 0.576. The van der Waals surface area contributed by atoms with Crippen LogP contribution in [0.3, 0.4) is 0 Å². The predicted molar refractivity (Wildman–Crippen MR) is 89.0 cm³/mol. The molecule has 0 atom stereocenters. The Labute approximate surface area is 146 Å². The number of benzene rings is 1.